The van der Waals surface area contributed by atoms with Gasteiger partial charge in [0.1, 0.15) is 0 Å². The van der Waals surface area contributed by atoms with Crippen molar-refractivity contribution in [3.05, 3.63) is 35.6 Å². The highest BCUT2D eigenvalue weighted by molar-refractivity contribution is 5.25. The highest BCUT2D eigenvalue weighted by Crippen LogP contribution is 2.08. The van der Waals surface area contributed by atoms with Crippen LogP contribution in [0.2, 0.25) is 0 Å². The van der Waals surface area contributed by atoms with E-state index in [1.807, 2.05) is 0 Å². The molecule has 0 aromatic carbocycles. The van der Waals surface area contributed by atoms with Crippen LogP contribution in [0.1, 0.15) is 26.2 Å². The Morgan fingerprint density at radius 3 is 3.09 bits per heavy atom. The number of allylic oxidation sites excluding steroid dienone is 6. The minimum absolute atomic E-state index is 1.00. The molecule has 1 nitrogen and oxygen atoms in total. The van der Waals surface area contributed by atoms with Crippen LogP contribution in [0.25, 0.3) is 0 Å². The topological polar surface area (TPSA) is 26.0 Å². The molecule has 1 heteroatoms. The average molecular weight is 149 g/mol. The minimum Gasteiger partial charge on any atom is -0.402 e. The number of hydrogen-bond acceptors (Lipinski definition) is 1. The van der Waals surface area contributed by atoms with E-state index in [0.29, 0.717) is 0 Å². The first-order chi connectivity index (χ1) is 5.29. The van der Waals surface area contributed by atoms with Gasteiger partial charge in [-0.1, -0.05) is 18.2 Å². The Labute approximate surface area is 68.3 Å². The van der Waals surface area contributed by atoms with Gasteiger partial charge >= 0.3 is 0 Å². The molecule has 0 fully saturated rings. The summed E-state index contributed by atoms with van der Waals surface area (Å²) in [4.78, 5) is 0. The smallest absolute Gasteiger partial charge is 0.00832 e. The number of rotatable bonds is 0. The van der Waals surface area contributed by atoms with Crippen molar-refractivity contribution in [2.75, 3.05) is 0 Å². The van der Waals surface area contributed by atoms with Crippen molar-refractivity contribution in [1.29, 1.82) is 0 Å². The van der Waals surface area contributed by atoms with E-state index in [-0.39, 0.29) is 0 Å². The van der Waals surface area contributed by atoms with Gasteiger partial charge in [0.2, 0.25) is 0 Å². The maximum atomic E-state index is 5.76. The van der Waals surface area contributed by atoms with Gasteiger partial charge in [-0.3, -0.25) is 0 Å². The Bertz CT molecular complexity index is 209. The Morgan fingerprint density at radius 1 is 1.45 bits per heavy atom. The van der Waals surface area contributed by atoms with Crippen LogP contribution in [0, 0.1) is 0 Å². The summed E-state index contributed by atoms with van der Waals surface area (Å²) in [5.41, 5.74) is 8.00. The quantitative estimate of drug-likeness (QED) is 0.562. The van der Waals surface area contributed by atoms with E-state index >= 15 is 0 Å². The normalized spacial score (nSPS) is 31.7. The van der Waals surface area contributed by atoms with Crippen LogP contribution in [-0.2, 0) is 0 Å². The van der Waals surface area contributed by atoms with Gasteiger partial charge in [-0.25, -0.2) is 0 Å². The van der Waals surface area contributed by atoms with E-state index in [0.717, 1.165) is 18.5 Å². The second kappa shape index (κ2) is 4.02. The Balaban J connectivity index is 2.73. The molecule has 0 unspecified atom stereocenters. The molecule has 0 bridgehead atoms. The fourth-order valence-electron chi connectivity index (χ4n) is 1.15. The Hall–Kier alpha value is -0.980. The van der Waals surface area contributed by atoms with Crippen LogP contribution >= 0.6 is 0 Å². The molecule has 0 saturated carbocycles. The summed E-state index contributed by atoms with van der Waals surface area (Å²) < 4.78 is 0. The summed E-state index contributed by atoms with van der Waals surface area (Å²) in [7, 11) is 0. The summed E-state index contributed by atoms with van der Waals surface area (Å²) >= 11 is 0. The molecular weight excluding hydrogens is 134 g/mol. The third-order valence-electron chi connectivity index (χ3n) is 1.74. The molecule has 0 aromatic rings. The zero-order chi connectivity index (χ0) is 8.10. The standard InChI is InChI=1S/C10H15N/c1-9-6-4-2-3-5-7-10(11)8-9/h2,4,6,8H,3,5,7,11H2,1H3/b4-2-,9-6-,10-8+. The van der Waals surface area contributed by atoms with Crippen LogP contribution in [-0.4, -0.2) is 0 Å². The van der Waals surface area contributed by atoms with E-state index in [2.05, 4.69) is 31.2 Å². The lowest BCUT2D eigenvalue weighted by Gasteiger charge is -1.97. The van der Waals surface area contributed by atoms with Gasteiger partial charge in [-0.2, -0.15) is 0 Å². The highest BCUT2D eigenvalue weighted by Gasteiger charge is 1.92. The molecule has 0 aliphatic heterocycles. The first-order valence-corrected chi connectivity index (χ1v) is 4.08. The second-order valence-electron chi connectivity index (χ2n) is 2.95. The van der Waals surface area contributed by atoms with Crippen LogP contribution < -0.4 is 5.73 Å². The van der Waals surface area contributed by atoms with Gasteiger partial charge in [0.05, 0.1) is 0 Å². The monoisotopic (exact) mass is 149 g/mol. The molecule has 0 radical (unpaired) electrons. The summed E-state index contributed by atoms with van der Waals surface area (Å²) in [5, 5.41) is 0. The predicted octanol–water partition coefficient (Wildman–Crippen LogP) is 2.52. The Morgan fingerprint density at radius 2 is 2.27 bits per heavy atom. The van der Waals surface area contributed by atoms with Gasteiger partial charge < -0.3 is 5.73 Å². The zero-order valence-corrected chi connectivity index (χ0v) is 7.01. The van der Waals surface area contributed by atoms with Crippen LogP contribution in [0.15, 0.2) is 35.6 Å². The van der Waals surface area contributed by atoms with Gasteiger partial charge in [-0.15, -0.1) is 0 Å². The highest BCUT2D eigenvalue weighted by atomic mass is 14.6. The van der Waals surface area contributed by atoms with Gasteiger partial charge in [0.25, 0.3) is 0 Å². The minimum atomic E-state index is 1.00. The van der Waals surface area contributed by atoms with E-state index < -0.39 is 0 Å². The molecule has 11 heavy (non-hydrogen) atoms. The molecular formula is C10H15N. The summed E-state index contributed by atoms with van der Waals surface area (Å²) in [6, 6.07) is 0. The van der Waals surface area contributed by atoms with Crippen molar-refractivity contribution in [2.24, 2.45) is 5.73 Å². The maximum Gasteiger partial charge on any atom is 0.00832 e. The first kappa shape index (κ1) is 8.12. The van der Waals surface area contributed by atoms with Crippen LogP contribution in [0.3, 0.4) is 0 Å². The number of hydrogen-bond donors (Lipinski definition) is 1. The molecule has 0 saturated heterocycles. The second-order valence-corrected chi connectivity index (χ2v) is 2.95. The van der Waals surface area contributed by atoms with Crippen molar-refractivity contribution in [2.45, 2.75) is 26.2 Å². The fourth-order valence-corrected chi connectivity index (χ4v) is 1.15. The van der Waals surface area contributed by atoms with Crippen molar-refractivity contribution in [1.82, 2.24) is 0 Å². The number of nitrogens with two attached hydrogens (primary N) is 1. The largest absolute Gasteiger partial charge is 0.402 e. The van der Waals surface area contributed by atoms with Crippen LogP contribution in [0.5, 0.6) is 0 Å². The first-order valence-electron chi connectivity index (χ1n) is 4.08. The van der Waals surface area contributed by atoms with Crippen LogP contribution in [0.4, 0.5) is 0 Å². The Kier molecular flexibility index (Phi) is 2.96. The van der Waals surface area contributed by atoms with Gasteiger partial charge in [-0.05, 0) is 37.8 Å². The zero-order valence-electron chi connectivity index (χ0n) is 7.01. The van der Waals surface area contributed by atoms with Crippen molar-refractivity contribution < 1.29 is 0 Å². The molecule has 1 aliphatic rings. The molecule has 1 rings (SSSR count). The molecule has 0 spiro atoms. The molecule has 0 aromatic heterocycles. The maximum absolute atomic E-state index is 5.76. The SMILES string of the molecule is CC1=C/C=C\CCC/C(N)=C\1. The summed E-state index contributed by atoms with van der Waals surface area (Å²) in [5.74, 6) is 0. The van der Waals surface area contributed by atoms with Crippen molar-refractivity contribution in [3.63, 3.8) is 0 Å². The van der Waals surface area contributed by atoms with Gasteiger partial charge in [0.15, 0.2) is 0 Å². The predicted molar refractivity (Wildman–Crippen MR) is 49.0 cm³/mol. The summed E-state index contributed by atoms with van der Waals surface area (Å²) in [6.07, 6.45) is 11.8. The third kappa shape index (κ3) is 3.08. The van der Waals surface area contributed by atoms with Crippen molar-refractivity contribution in [3.8, 4) is 0 Å². The molecule has 0 heterocycles. The molecule has 0 amide bonds. The van der Waals surface area contributed by atoms with Crippen molar-refractivity contribution >= 4 is 0 Å². The van der Waals surface area contributed by atoms with E-state index in [4.69, 9.17) is 5.73 Å². The summed E-state index contributed by atoms with van der Waals surface area (Å²) in [6.45, 7) is 2.07. The lowest BCUT2D eigenvalue weighted by Crippen LogP contribution is -1.96. The molecule has 1 aliphatic carbocycles. The lowest BCUT2D eigenvalue weighted by atomic mass is 10.2. The van der Waals surface area contributed by atoms with E-state index in [1.54, 1.807) is 0 Å². The fraction of sp³-hybridized carbons (Fsp3) is 0.400. The molecule has 2 N–H and O–H groups in total. The molecule has 60 valence electrons. The average Bonchev–Trinajstić information content (AvgIpc) is 2.02. The molecule has 0 atom stereocenters. The van der Waals surface area contributed by atoms with E-state index in [1.165, 1.54) is 12.0 Å². The lowest BCUT2D eigenvalue weighted by molar-refractivity contribution is 0.824. The van der Waals surface area contributed by atoms with Gasteiger partial charge in [0, 0.05) is 5.70 Å². The van der Waals surface area contributed by atoms with E-state index in [9.17, 15) is 0 Å². The third-order valence-corrected chi connectivity index (χ3v) is 1.74.